The first-order valence-corrected chi connectivity index (χ1v) is 14.2. The highest BCUT2D eigenvalue weighted by Crippen LogP contribution is 2.29. The molecular weight excluding hydrogens is 518 g/mol. The Morgan fingerprint density at radius 1 is 0.718 bits per heavy atom. The molecule has 10 atom stereocenters. The van der Waals surface area contributed by atoms with E-state index in [1.807, 2.05) is 0 Å². The molecule has 0 spiro atoms. The molecule has 2 rings (SSSR count). The van der Waals surface area contributed by atoms with Crippen LogP contribution in [0.15, 0.2) is 0 Å². The fraction of sp³-hybridized carbons (Fsp3) is 0.962. The van der Waals surface area contributed by atoms with Crippen molar-refractivity contribution < 1.29 is 59.5 Å². The normalized spacial score (nSPS) is 35.2. The first-order chi connectivity index (χ1) is 18.7. The van der Waals surface area contributed by atoms with Crippen LogP contribution in [-0.4, -0.2) is 129 Å². The molecule has 0 bridgehead atoms. The summed E-state index contributed by atoms with van der Waals surface area (Å²) in [6.45, 7) is 1.35. The summed E-state index contributed by atoms with van der Waals surface area (Å²) in [5.74, 6) is -0.0288. The van der Waals surface area contributed by atoms with Gasteiger partial charge in [-0.25, -0.2) is 0 Å². The van der Waals surface area contributed by atoms with E-state index in [-0.39, 0.29) is 12.5 Å². The molecule has 2 heterocycles. The quantitative estimate of drug-likeness (QED) is 0.0906. The highest BCUT2D eigenvalue weighted by Gasteiger charge is 2.50. The second-order valence-corrected chi connectivity index (χ2v) is 10.3. The van der Waals surface area contributed by atoms with Crippen LogP contribution in [0, 0.1) is 0 Å². The SMILES string of the molecule is CCCCCCCCCCC(=O)NCCCOC1OC(CO)[C@@H](OC2OC(CO)[C@@H](O)C(O)C2O)C(O)C1O. The molecule has 13 heteroatoms. The van der Waals surface area contributed by atoms with Crippen molar-refractivity contribution in [3.63, 3.8) is 0 Å². The predicted molar refractivity (Wildman–Crippen MR) is 137 cm³/mol. The Kier molecular flexibility index (Phi) is 16.2. The van der Waals surface area contributed by atoms with Crippen LogP contribution in [0.1, 0.15) is 71.1 Å². The summed E-state index contributed by atoms with van der Waals surface area (Å²) < 4.78 is 21.9. The highest BCUT2D eigenvalue weighted by atomic mass is 16.7. The summed E-state index contributed by atoms with van der Waals surface area (Å²) in [6.07, 6.45) is -4.73. The molecule has 8 N–H and O–H groups in total. The van der Waals surface area contributed by atoms with Crippen molar-refractivity contribution in [1.29, 1.82) is 0 Å². The van der Waals surface area contributed by atoms with Gasteiger partial charge < -0.3 is 60.0 Å². The van der Waals surface area contributed by atoms with E-state index < -0.39 is 74.6 Å². The summed E-state index contributed by atoms with van der Waals surface area (Å²) in [5, 5.41) is 73.1. The minimum Gasteiger partial charge on any atom is -0.394 e. The first-order valence-electron chi connectivity index (χ1n) is 14.2. The molecule has 2 aliphatic rings. The van der Waals surface area contributed by atoms with Gasteiger partial charge >= 0.3 is 0 Å². The van der Waals surface area contributed by atoms with Crippen molar-refractivity contribution in [3.05, 3.63) is 0 Å². The molecule has 39 heavy (non-hydrogen) atoms. The third-order valence-corrected chi connectivity index (χ3v) is 7.14. The lowest BCUT2D eigenvalue weighted by Crippen LogP contribution is -2.64. The molecule has 2 fully saturated rings. The zero-order valence-corrected chi connectivity index (χ0v) is 22.8. The van der Waals surface area contributed by atoms with Gasteiger partial charge in [0.2, 0.25) is 5.91 Å². The van der Waals surface area contributed by atoms with Crippen molar-refractivity contribution in [1.82, 2.24) is 5.32 Å². The third-order valence-electron chi connectivity index (χ3n) is 7.14. The van der Waals surface area contributed by atoms with Gasteiger partial charge in [-0.3, -0.25) is 4.79 Å². The Bertz CT molecular complexity index is 669. The van der Waals surface area contributed by atoms with Gasteiger partial charge in [-0.1, -0.05) is 51.9 Å². The Hall–Kier alpha value is -0.970. The number of hydrogen-bond acceptors (Lipinski definition) is 12. The van der Waals surface area contributed by atoms with Gasteiger partial charge in [0.05, 0.1) is 19.8 Å². The van der Waals surface area contributed by atoms with E-state index in [0.29, 0.717) is 19.4 Å². The molecule has 0 radical (unpaired) electrons. The van der Waals surface area contributed by atoms with Crippen LogP contribution in [0.3, 0.4) is 0 Å². The minimum absolute atomic E-state index is 0.0288. The molecular formula is C26H49NO12. The maximum Gasteiger partial charge on any atom is 0.219 e. The van der Waals surface area contributed by atoms with E-state index in [1.54, 1.807) is 0 Å². The average Bonchev–Trinajstić information content (AvgIpc) is 2.93. The lowest BCUT2D eigenvalue weighted by molar-refractivity contribution is -0.359. The standard InChI is InChI=1S/C26H49NO12/c1-2-3-4-5-6-7-8-9-11-18(30)27-12-10-13-36-25-23(35)21(33)24(17(15-29)38-25)39-26-22(34)20(32)19(31)16(14-28)37-26/h16-17,19-26,28-29,31-35H,2-15H2,1H3,(H,27,30)/t16?,17?,19-,20?,21?,22?,23?,24-,25?,26?/m1/s1. The van der Waals surface area contributed by atoms with Crippen LogP contribution in [0.4, 0.5) is 0 Å². The molecule has 0 aromatic rings. The zero-order chi connectivity index (χ0) is 28.8. The van der Waals surface area contributed by atoms with Crippen molar-refractivity contribution in [3.8, 4) is 0 Å². The number of ether oxygens (including phenoxy) is 4. The number of aliphatic hydroxyl groups excluding tert-OH is 7. The maximum absolute atomic E-state index is 12.0. The summed E-state index contributed by atoms with van der Waals surface area (Å²) in [4.78, 5) is 12.0. The Labute approximate surface area is 230 Å². The zero-order valence-electron chi connectivity index (χ0n) is 22.8. The van der Waals surface area contributed by atoms with Gasteiger partial charge in [0.1, 0.15) is 48.8 Å². The first kappa shape index (κ1) is 34.2. The van der Waals surface area contributed by atoms with Crippen molar-refractivity contribution >= 4 is 5.91 Å². The number of rotatable bonds is 18. The van der Waals surface area contributed by atoms with Gasteiger partial charge in [-0.2, -0.15) is 0 Å². The fourth-order valence-corrected chi connectivity index (χ4v) is 4.70. The fourth-order valence-electron chi connectivity index (χ4n) is 4.70. The van der Waals surface area contributed by atoms with Crippen molar-refractivity contribution in [2.45, 2.75) is 133 Å². The topological polar surface area (TPSA) is 208 Å². The number of carbonyl (C=O) groups is 1. The number of amides is 1. The Balaban J connectivity index is 1.68. The average molecular weight is 568 g/mol. The number of carbonyl (C=O) groups excluding carboxylic acids is 1. The third kappa shape index (κ3) is 10.7. The summed E-state index contributed by atoms with van der Waals surface area (Å²) in [5.41, 5.74) is 0. The second kappa shape index (κ2) is 18.5. The summed E-state index contributed by atoms with van der Waals surface area (Å²) in [6, 6.07) is 0. The molecule has 2 aliphatic heterocycles. The lowest BCUT2D eigenvalue weighted by Gasteiger charge is -2.45. The van der Waals surface area contributed by atoms with Crippen LogP contribution in [0.5, 0.6) is 0 Å². The molecule has 0 aliphatic carbocycles. The number of nitrogens with one attached hydrogen (secondary N) is 1. The van der Waals surface area contributed by atoms with Crippen molar-refractivity contribution in [2.24, 2.45) is 0 Å². The van der Waals surface area contributed by atoms with Crippen LogP contribution in [-0.2, 0) is 23.7 Å². The molecule has 0 aromatic carbocycles. The molecule has 8 unspecified atom stereocenters. The number of unbranched alkanes of at least 4 members (excludes halogenated alkanes) is 7. The van der Waals surface area contributed by atoms with E-state index in [4.69, 9.17) is 18.9 Å². The van der Waals surface area contributed by atoms with Crippen LogP contribution in [0.25, 0.3) is 0 Å². The molecule has 2 saturated heterocycles. The van der Waals surface area contributed by atoms with E-state index in [9.17, 15) is 40.5 Å². The largest absolute Gasteiger partial charge is 0.394 e. The highest BCUT2D eigenvalue weighted by molar-refractivity contribution is 5.75. The molecule has 230 valence electrons. The monoisotopic (exact) mass is 567 g/mol. The smallest absolute Gasteiger partial charge is 0.219 e. The van der Waals surface area contributed by atoms with Gasteiger partial charge in [0.25, 0.3) is 0 Å². The van der Waals surface area contributed by atoms with Gasteiger partial charge in [-0.05, 0) is 12.8 Å². The van der Waals surface area contributed by atoms with Gasteiger partial charge in [0, 0.05) is 13.0 Å². The molecule has 0 saturated carbocycles. The van der Waals surface area contributed by atoms with E-state index in [0.717, 1.165) is 19.3 Å². The van der Waals surface area contributed by atoms with E-state index >= 15 is 0 Å². The lowest BCUT2D eigenvalue weighted by atomic mass is 9.97. The Morgan fingerprint density at radius 2 is 1.31 bits per heavy atom. The van der Waals surface area contributed by atoms with E-state index in [1.165, 1.54) is 32.1 Å². The van der Waals surface area contributed by atoms with Crippen LogP contribution < -0.4 is 5.32 Å². The summed E-state index contributed by atoms with van der Waals surface area (Å²) >= 11 is 0. The predicted octanol–water partition coefficient (Wildman–Crippen LogP) is -1.34. The maximum atomic E-state index is 12.0. The van der Waals surface area contributed by atoms with Crippen LogP contribution >= 0.6 is 0 Å². The van der Waals surface area contributed by atoms with Crippen molar-refractivity contribution in [2.75, 3.05) is 26.4 Å². The minimum atomic E-state index is -1.73. The van der Waals surface area contributed by atoms with Gasteiger partial charge in [0.15, 0.2) is 12.6 Å². The molecule has 1 amide bonds. The summed E-state index contributed by atoms with van der Waals surface area (Å²) in [7, 11) is 0. The molecule has 13 nitrogen and oxygen atoms in total. The molecule has 0 aromatic heterocycles. The second-order valence-electron chi connectivity index (χ2n) is 10.3. The Morgan fingerprint density at radius 3 is 1.95 bits per heavy atom. The number of aliphatic hydroxyl groups is 7. The van der Waals surface area contributed by atoms with E-state index in [2.05, 4.69) is 12.2 Å². The van der Waals surface area contributed by atoms with Crippen LogP contribution in [0.2, 0.25) is 0 Å². The number of hydrogen-bond donors (Lipinski definition) is 8. The van der Waals surface area contributed by atoms with Gasteiger partial charge in [-0.15, -0.1) is 0 Å².